The van der Waals surface area contributed by atoms with Gasteiger partial charge in [0.05, 0.1) is 5.41 Å². The molecule has 0 bridgehead atoms. The number of carbonyl (C=O) groups is 1. The highest BCUT2D eigenvalue weighted by molar-refractivity contribution is 7.98. The molecule has 0 amide bonds. The van der Waals surface area contributed by atoms with E-state index in [1.54, 1.807) is 11.8 Å². The number of carboxylic acids is 1. The number of nitrogens with zero attached hydrogens (tertiary/aromatic N) is 1. The second kappa shape index (κ2) is 6.84. The minimum atomic E-state index is -0.682. The Labute approximate surface area is 131 Å². The lowest BCUT2D eigenvalue weighted by Crippen LogP contribution is -2.44. The first kappa shape index (κ1) is 16.4. The maximum atomic E-state index is 11.4. The van der Waals surface area contributed by atoms with E-state index in [1.165, 1.54) is 10.5 Å². The zero-order valence-corrected chi connectivity index (χ0v) is 13.9. The molecule has 1 atom stereocenters. The van der Waals surface area contributed by atoms with E-state index >= 15 is 0 Å². The SMILES string of the molecule is CSc1ccc(CN2CCCC(C(C)(C)C(=O)O)C2)cc1. The number of benzene rings is 1. The molecule has 1 aromatic rings. The van der Waals surface area contributed by atoms with Gasteiger partial charge in [-0.1, -0.05) is 12.1 Å². The van der Waals surface area contributed by atoms with Gasteiger partial charge >= 0.3 is 5.97 Å². The zero-order chi connectivity index (χ0) is 15.5. The Morgan fingerprint density at radius 3 is 2.62 bits per heavy atom. The van der Waals surface area contributed by atoms with Crippen LogP contribution in [0.15, 0.2) is 29.2 Å². The number of carboxylic acid groups (broad SMARTS) is 1. The lowest BCUT2D eigenvalue weighted by atomic mass is 9.74. The van der Waals surface area contributed by atoms with Crippen molar-refractivity contribution in [3.8, 4) is 0 Å². The molecular weight excluding hydrogens is 282 g/mol. The second-order valence-corrected chi connectivity index (χ2v) is 7.33. The fourth-order valence-corrected chi connectivity index (χ4v) is 3.36. The van der Waals surface area contributed by atoms with E-state index in [0.717, 1.165) is 32.5 Å². The van der Waals surface area contributed by atoms with Gasteiger partial charge in [-0.25, -0.2) is 0 Å². The number of piperidine rings is 1. The number of rotatable bonds is 5. The van der Waals surface area contributed by atoms with Crippen molar-refractivity contribution in [3.63, 3.8) is 0 Å². The van der Waals surface area contributed by atoms with E-state index < -0.39 is 11.4 Å². The quantitative estimate of drug-likeness (QED) is 0.842. The van der Waals surface area contributed by atoms with Crippen LogP contribution in [0.4, 0.5) is 0 Å². The summed E-state index contributed by atoms with van der Waals surface area (Å²) < 4.78 is 0. The third-order valence-electron chi connectivity index (χ3n) is 4.64. The van der Waals surface area contributed by atoms with E-state index in [4.69, 9.17) is 0 Å². The third-order valence-corrected chi connectivity index (χ3v) is 5.39. The van der Waals surface area contributed by atoms with Gasteiger partial charge in [0.1, 0.15) is 0 Å². The van der Waals surface area contributed by atoms with Crippen LogP contribution in [0.2, 0.25) is 0 Å². The molecule has 0 aromatic heterocycles. The van der Waals surface area contributed by atoms with Gasteiger partial charge in [0.2, 0.25) is 0 Å². The van der Waals surface area contributed by atoms with Gasteiger partial charge in [0.25, 0.3) is 0 Å². The van der Waals surface area contributed by atoms with Crippen LogP contribution in [0, 0.1) is 11.3 Å². The largest absolute Gasteiger partial charge is 0.481 e. The average Bonchev–Trinajstić information content (AvgIpc) is 2.48. The van der Waals surface area contributed by atoms with Crippen LogP contribution in [0.5, 0.6) is 0 Å². The summed E-state index contributed by atoms with van der Waals surface area (Å²) in [6.07, 6.45) is 4.18. The number of hydrogen-bond donors (Lipinski definition) is 1. The highest BCUT2D eigenvalue weighted by atomic mass is 32.2. The molecule has 1 saturated heterocycles. The lowest BCUT2D eigenvalue weighted by Gasteiger charge is -2.39. The van der Waals surface area contributed by atoms with Gasteiger partial charge in [0.15, 0.2) is 0 Å². The molecule has 2 rings (SSSR count). The second-order valence-electron chi connectivity index (χ2n) is 6.45. The van der Waals surface area contributed by atoms with E-state index in [0.29, 0.717) is 0 Å². The smallest absolute Gasteiger partial charge is 0.309 e. The summed E-state index contributed by atoms with van der Waals surface area (Å²) in [5, 5.41) is 9.41. The predicted molar refractivity (Wildman–Crippen MR) is 87.6 cm³/mol. The molecule has 0 saturated carbocycles. The van der Waals surface area contributed by atoms with Crippen LogP contribution in [0.25, 0.3) is 0 Å². The molecule has 1 aliphatic heterocycles. The van der Waals surface area contributed by atoms with Gasteiger partial charge in [0, 0.05) is 18.0 Å². The minimum absolute atomic E-state index is 0.231. The van der Waals surface area contributed by atoms with Gasteiger partial charge in [-0.05, 0) is 63.1 Å². The van der Waals surface area contributed by atoms with Crippen LogP contribution >= 0.6 is 11.8 Å². The molecule has 21 heavy (non-hydrogen) atoms. The summed E-state index contributed by atoms with van der Waals surface area (Å²) in [5.74, 6) is -0.451. The maximum Gasteiger partial charge on any atom is 0.309 e. The molecule has 0 spiro atoms. The fourth-order valence-electron chi connectivity index (χ4n) is 2.95. The number of hydrogen-bond acceptors (Lipinski definition) is 3. The molecule has 1 heterocycles. The summed E-state index contributed by atoms with van der Waals surface area (Å²) in [5.41, 5.74) is 0.669. The molecule has 3 nitrogen and oxygen atoms in total. The Bertz CT molecular complexity index is 484. The van der Waals surface area contributed by atoms with Crippen molar-refractivity contribution in [1.29, 1.82) is 0 Å². The van der Waals surface area contributed by atoms with E-state index in [1.807, 2.05) is 13.8 Å². The van der Waals surface area contributed by atoms with Crippen molar-refractivity contribution in [1.82, 2.24) is 4.90 Å². The first-order valence-electron chi connectivity index (χ1n) is 7.52. The average molecular weight is 307 g/mol. The van der Waals surface area contributed by atoms with Crippen molar-refractivity contribution in [3.05, 3.63) is 29.8 Å². The van der Waals surface area contributed by atoms with Gasteiger partial charge in [-0.3, -0.25) is 9.69 Å². The highest BCUT2D eigenvalue weighted by Crippen LogP contribution is 2.34. The van der Waals surface area contributed by atoms with Crippen LogP contribution in [0.1, 0.15) is 32.3 Å². The van der Waals surface area contributed by atoms with Gasteiger partial charge < -0.3 is 5.11 Å². The van der Waals surface area contributed by atoms with E-state index in [2.05, 4.69) is 35.4 Å². The van der Waals surface area contributed by atoms with Gasteiger partial charge in [-0.15, -0.1) is 11.8 Å². The molecule has 116 valence electrons. The Balaban J connectivity index is 1.99. The van der Waals surface area contributed by atoms with Crippen molar-refractivity contribution >= 4 is 17.7 Å². The Morgan fingerprint density at radius 2 is 2.05 bits per heavy atom. The van der Waals surface area contributed by atoms with Crippen molar-refractivity contribution in [2.75, 3.05) is 19.3 Å². The maximum absolute atomic E-state index is 11.4. The third kappa shape index (κ3) is 4.01. The summed E-state index contributed by atoms with van der Waals surface area (Å²) in [6.45, 7) is 6.58. The molecule has 0 aliphatic carbocycles. The van der Waals surface area contributed by atoms with Crippen molar-refractivity contribution in [2.24, 2.45) is 11.3 Å². The summed E-state index contributed by atoms with van der Waals surface area (Å²) in [6, 6.07) is 8.67. The first-order chi connectivity index (χ1) is 9.93. The van der Waals surface area contributed by atoms with Crippen LogP contribution in [-0.4, -0.2) is 35.3 Å². The topological polar surface area (TPSA) is 40.5 Å². The summed E-state index contributed by atoms with van der Waals surface area (Å²) in [4.78, 5) is 15.1. The normalized spacial score (nSPS) is 20.4. The summed E-state index contributed by atoms with van der Waals surface area (Å²) >= 11 is 1.75. The summed E-state index contributed by atoms with van der Waals surface area (Å²) in [7, 11) is 0. The molecule has 1 unspecified atom stereocenters. The fraction of sp³-hybridized carbons (Fsp3) is 0.588. The number of likely N-dealkylation sites (tertiary alicyclic amines) is 1. The molecule has 1 N–H and O–H groups in total. The van der Waals surface area contributed by atoms with Crippen molar-refractivity contribution < 1.29 is 9.90 Å². The molecule has 1 aliphatic rings. The monoisotopic (exact) mass is 307 g/mol. The van der Waals surface area contributed by atoms with Crippen LogP contribution in [-0.2, 0) is 11.3 Å². The Morgan fingerprint density at radius 1 is 1.38 bits per heavy atom. The van der Waals surface area contributed by atoms with Crippen LogP contribution in [0.3, 0.4) is 0 Å². The number of aliphatic carboxylic acids is 1. The Hall–Kier alpha value is -1.00. The molecule has 1 aromatic carbocycles. The Kier molecular flexibility index (Phi) is 5.33. The molecular formula is C17H25NO2S. The molecule has 1 fully saturated rings. The zero-order valence-electron chi connectivity index (χ0n) is 13.1. The van der Waals surface area contributed by atoms with E-state index in [9.17, 15) is 9.90 Å². The predicted octanol–water partition coefficient (Wildman–Crippen LogP) is 3.73. The standard InChI is InChI=1S/C17H25NO2S/c1-17(2,16(19)20)14-5-4-10-18(12-14)11-13-6-8-15(21-3)9-7-13/h6-9,14H,4-5,10-12H2,1-3H3,(H,19,20). The minimum Gasteiger partial charge on any atom is -0.481 e. The number of thioether (sulfide) groups is 1. The molecule has 4 heteroatoms. The highest BCUT2D eigenvalue weighted by Gasteiger charge is 2.38. The van der Waals surface area contributed by atoms with Crippen LogP contribution < -0.4 is 0 Å². The van der Waals surface area contributed by atoms with Crippen molar-refractivity contribution in [2.45, 2.75) is 38.1 Å². The van der Waals surface area contributed by atoms with Gasteiger partial charge in [-0.2, -0.15) is 0 Å². The lowest BCUT2D eigenvalue weighted by molar-refractivity contribution is -0.151. The first-order valence-corrected chi connectivity index (χ1v) is 8.74. The molecule has 0 radical (unpaired) electrons. The van der Waals surface area contributed by atoms with E-state index in [-0.39, 0.29) is 5.92 Å².